The van der Waals surface area contributed by atoms with Crippen LogP contribution in [-0.2, 0) is 105 Å². The summed E-state index contributed by atoms with van der Waals surface area (Å²) in [6, 6.07) is -1.72. The number of hydrogen-bond acceptors (Lipinski definition) is 24. The average molecular weight is 1300 g/mol. The zero-order valence-electron chi connectivity index (χ0n) is 53.5. The van der Waals surface area contributed by atoms with Gasteiger partial charge in [-0.3, -0.25) is 14.4 Å². The molecule has 0 amide bonds. The highest BCUT2D eigenvalue weighted by Crippen LogP contribution is 2.02. The first-order valence-corrected chi connectivity index (χ1v) is 28.6. The molecule has 3 aromatic heterocycles. The van der Waals surface area contributed by atoms with Crippen molar-refractivity contribution in [3.63, 3.8) is 0 Å². The SMILES string of the molecule is C#CC#CC#CC#CC#CC#CC#CC#CC#C.COC(=O)[C@@H](N)Cc1cnc[nH]1.COCCOCCOCCOCC=O.COCCOCCOCCOCCN[C@@H](Cc1cnc[nH]1)C(=O)O.COCCOCCOCCOCCN[C@@H](Cc1cnc[nH]1)C(=O)OC. The second kappa shape index (κ2) is 70.6. The van der Waals surface area contributed by atoms with Gasteiger partial charge in [-0.05, 0) is 94.7 Å². The molecule has 0 radical (unpaired) electrons. The monoisotopic (exact) mass is 1300 g/mol. The molecule has 3 atom stereocenters. The molecule has 0 fully saturated rings. The number of nitrogens with zero attached hydrogens (tertiary/aromatic N) is 3. The summed E-state index contributed by atoms with van der Waals surface area (Å²) >= 11 is 0. The standard InChI is InChI=1S/C18H2.C16H29N3O6.C15H27N3O6.C9H18O5.C7H11N3O2/c1-3-5-7-9-11-13-15-17-18-16-14-12-10-8-6-4-2;1-21-5-6-24-9-10-25-8-7-23-4-3-18-15(16(20)22-2)11-14-12-17-13-19-14;1-21-4-5-23-8-9-24-7-6-22-3-2-17-14(15(19)20)10-13-11-16-12-18-13;1-11-4-5-13-8-9-14-7-6-12-3-2-10;1-12-7(11)6(8)2-5-3-9-4-10-5/h1-2H;12-13,15,18H,3-11H2,1-2H3,(H,17,19);11-12,14,17H,2-10H2,1H3,(H,16,18)(H,19,20);2H,3-9H2,1H3;3-4,6H,2,8H2,1H3,(H,9,10)/t;15-;14-;;6-/m.00.0/s1. The number of aldehydes is 1. The van der Waals surface area contributed by atoms with Gasteiger partial charge in [0.2, 0.25) is 0 Å². The molecule has 0 spiro atoms. The number of carbonyl (C=O) groups excluding carboxylic acids is 3. The molecule has 0 aliphatic rings. The Kier molecular flexibility index (Phi) is 65.5. The first kappa shape index (κ1) is 86.2. The van der Waals surface area contributed by atoms with E-state index in [1.165, 1.54) is 20.5 Å². The molecule has 3 heterocycles. The predicted octanol–water partition coefficient (Wildman–Crippen LogP) is -0.919. The van der Waals surface area contributed by atoms with Crippen LogP contribution in [0.25, 0.3) is 0 Å². The van der Waals surface area contributed by atoms with Crippen molar-refractivity contribution in [3.05, 3.63) is 54.7 Å². The molecule has 0 bridgehead atoms. The van der Waals surface area contributed by atoms with Gasteiger partial charge < -0.3 is 108 Å². The molecule has 28 heteroatoms. The second-order valence-corrected chi connectivity index (χ2v) is 17.0. The highest BCUT2D eigenvalue weighted by atomic mass is 16.6. The number of nitrogens with two attached hydrogens (primary N) is 1. The Labute approximate surface area is 546 Å². The van der Waals surface area contributed by atoms with E-state index < -0.39 is 30.1 Å². The first-order chi connectivity index (χ1) is 45.6. The zero-order valence-corrected chi connectivity index (χ0v) is 53.5. The van der Waals surface area contributed by atoms with Crippen molar-refractivity contribution in [2.45, 2.75) is 37.4 Å². The number of methoxy groups -OCH3 is 5. The Balaban J connectivity index is 0. The van der Waals surface area contributed by atoms with E-state index in [0.717, 1.165) is 17.1 Å². The average Bonchev–Trinajstić information content (AvgIpc) is 3.75. The van der Waals surface area contributed by atoms with E-state index in [-0.39, 0.29) is 12.6 Å². The molecule has 8 N–H and O–H groups in total. The van der Waals surface area contributed by atoms with Gasteiger partial charge in [-0.2, -0.15) is 0 Å². The van der Waals surface area contributed by atoms with Crippen LogP contribution in [0.5, 0.6) is 0 Å². The van der Waals surface area contributed by atoms with Crippen molar-refractivity contribution in [2.24, 2.45) is 5.73 Å². The van der Waals surface area contributed by atoms with Crippen molar-refractivity contribution in [3.8, 4) is 108 Å². The third-order valence-electron chi connectivity index (χ3n) is 10.2. The molecule has 0 aliphatic heterocycles. The minimum absolute atomic E-state index is 0.133. The number of nitrogens with one attached hydrogen (secondary N) is 5. The molecule has 0 unspecified atom stereocenters. The minimum Gasteiger partial charge on any atom is -0.480 e. The number of terminal acetylenes is 2. The van der Waals surface area contributed by atoms with Gasteiger partial charge in [0, 0.05) is 89.4 Å². The third-order valence-corrected chi connectivity index (χ3v) is 10.2. The highest BCUT2D eigenvalue weighted by molar-refractivity contribution is 5.76. The number of H-pyrrole nitrogens is 3. The van der Waals surface area contributed by atoms with E-state index in [2.05, 4.69) is 140 Å². The van der Waals surface area contributed by atoms with E-state index in [4.69, 9.17) is 80.2 Å². The van der Waals surface area contributed by atoms with Gasteiger partial charge in [-0.15, -0.1) is 12.8 Å². The fourth-order valence-corrected chi connectivity index (χ4v) is 5.87. The van der Waals surface area contributed by atoms with Crippen LogP contribution >= 0.6 is 0 Å². The highest BCUT2D eigenvalue weighted by Gasteiger charge is 2.20. The number of rotatable bonds is 46. The number of carbonyl (C=O) groups is 4. The lowest BCUT2D eigenvalue weighted by Crippen LogP contribution is -2.41. The molecule has 93 heavy (non-hydrogen) atoms. The fourth-order valence-electron chi connectivity index (χ4n) is 5.87. The largest absolute Gasteiger partial charge is 0.480 e. The van der Waals surface area contributed by atoms with Crippen LogP contribution in [0.2, 0.25) is 0 Å². The molecule has 3 aromatic rings. The molecule has 0 saturated carbocycles. The summed E-state index contributed by atoms with van der Waals surface area (Å²) in [5.74, 6) is 36.6. The van der Waals surface area contributed by atoms with Crippen LogP contribution in [0.15, 0.2) is 37.6 Å². The van der Waals surface area contributed by atoms with Crippen molar-refractivity contribution < 1.29 is 90.6 Å². The molecule has 3 rings (SSSR count). The normalized spacial score (nSPS) is 10.4. The van der Waals surface area contributed by atoms with Gasteiger partial charge in [-0.1, -0.05) is 0 Å². The number of imidazole rings is 3. The lowest BCUT2D eigenvalue weighted by molar-refractivity contribution is -0.143. The maximum atomic E-state index is 11.8. The smallest absolute Gasteiger partial charge is 0.323 e. The molecule has 0 aromatic carbocycles. The van der Waals surface area contributed by atoms with E-state index in [1.54, 1.807) is 52.6 Å². The Hall–Kier alpha value is -8.85. The summed E-state index contributed by atoms with van der Waals surface area (Å²) in [4.78, 5) is 64.0. The summed E-state index contributed by atoms with van der Waals surface area (Å²) in [6.45, 7) is 11.5. The van der Waals surface area contributed by atoms with Gasteiger partial charge in [-0.25, -0.2) is 15.0 Å². The van der Waals surface area contributed by atoms with E-state index in [1.807, 2.05) is 0 Å². The zero-order chi connectivity index (χ0) is 68.4. The summed E-state index contributed by atoms with van der Waals surface area (Å²) < 4.78 is 71.0. The van der Waals surface area contributed by atoms with Crippen LogP contribution in [0.1, 0.15) is 17.1 Å². The van der Waals surface area contributed by atoms with E-state index >= 15 is 0 Å². The molecular formula is C65H87N9O19. The fraction of sp³-hybridized carbons (Fsp3) is 0.523. The van der Waals surface area contributed by atoms with E-state index in [0.29, 0.717) is 171 Å². The number of aliphatic carboxylic acids is 1. The lowest BCUT2D eigenvalue weighted by atomic mass is 10.1. The minimum atomic E-state index is -0.901. The first-order valence-electron chi connectivity index (χ1n) is 28.6. The molecular weight excluding hydrogens is 1210 g/mol. The number of esters is 2. The van der Waals surface area contributed by atoms with E-state index in [9.17, 15) is 24.3 Å². The third kappa shape index (κ3) is 61.8. The maximum absolute atomic E-state index is 11.8. The summed E-state index contributed by atoms with van der Waals surface area (Å²) in [7, 11) is 7.58. The van der Waals surface area contributed by atoms with Crippen molar-refractivity contribution >= 4 is 24.2 Å². The maximum Gasteiger partial charge on any atom is 0.323 e. The number of hydrogen-bond donors (Lipinski definition) is 7. The van der Waals surface area contributed by atoms with Gasteiger partial charge in [0.25, 0.3) is 0 Å². The van der Waals surface area contributed by atoms with Crippen molar-refractivity contribution in [1.82, 2.24) is 40.5 Å². The van der Waals surface area contributed by atoms with Crippen LogP contribution in [0.3, 0.4) is 0 Å². The molecule has 506 valence electrons. The van der Waals surface area contributed by atoms with Crippen molar-refractivity contribution in [2.75, 3.05) is 187 Å². The number of ether oxygens (including phenoxy) is 14. The summed E-state index contributed by atoms with van der Waals surface area (Å²) in [5.41, 5.74) is 7.96. The molecule has 0 aliphatic carbocycles. The lowest BCUT2D eigenvalue weighted by Gasteiger charge is -2.15. The molecule has 28 nitrogen and oxygen atoms in total. The Morgan fingerprint density at radius 2 is 0.742 bits per heavy atom. The Morgan fingerprint density at radius 3 is 1.03 bits per heavy atom. The van der Waals surface area contributed by atoms with Crippen LogP contribution in [-0.4, -0.2) is 265 Å². The number of aromatic amines is 3. The topological polar surface area (TPSA) is 354 Å². The Bertz CT molecular complexity index is 2800. The number of carboxylic acids is 1. The Morgan fingerprint density at radius 1 is 0.452 bits per heavy atom. The van der Waals surface area contributed by atoms with Crippen LogP contribution in [0, 0.1) is 108 Å². The van der Waals surface area contributed by atoms with Crippen LogP contribution < -0.4 is 16.4 Å². The number of aromatic nitrogens is 6. The van der Waals surface area contributed by atoms with Gasteiger partial charge in [0.1, 0.15) is 31.0 Å². The summed E-state index contributed by atoms with van der Waals surface area (Å²) in [6.07, 6.45) is 21.3. The summed E-state index contributed by atoms with van der Waals surface area (Å²) in [5, 5.41) is 15.2. The predicted molar refractivity (Wildman–Crippen MR) is 341 cm³/mol. The number of carboxylic acid groups (broad SMARTS) is 1. The van der Waals surface area contributed by atoms with Crippen molar-refractivity contribution in [1.29, 1.82) is 0 Å². The van der Waals surface area contributed by atoms with Gasteiger partial charge in [0.05, 0.1) is 165 Å². The molecule has 0 saturated heterocycles. The van der Waals surface area contributed by atoms with Gasteiger partial charge >= 0.3 is 17.9 Å². The second-order valence-electron chi connectivity index (χ2n) is 17.0. The van der Waals surface area contributed by atoms with Gasteiger partial charge in [0.15, 0.2) is 0 Å². The van der Waals surface area contributed by atoms with Crippen LogP contribution in [0.4, 0.5) is 0 Å². The quantitative estimate of drug-likeness (QED) is 0.0156.